The molecule has 4 heterocycles. The molecule has 6 heteroatoms. The van der Waals surface area contributed by atoms with Gasteiger partial charge in [-0.3, -0.25) is 4.57 Å². The van der Waals surface area contributed by atoms with Crippen LogP contribution in [0.2, 0.25) is 0 Å². The van der Waals surface area contributed by atoms with Crippen molar-refractivity contribution in [3.63, 3.8) is 0 Å². The van der Waals surface area contributed by atoms with Crippen LogP contribution in [0.25, 0.3) is 28.3 Å². The maximum atomic E-state index is 4.49. The van der Waals surface area contributed by atoms with Gasteiger partial charge in [0.2, 0.25) is 0 Å². The van der Waals surface area contributed by atoms with Crippen LogP contribution in [0.15, 0.2) is 67.1 Å². The molecule has 1 fully saturated rings. The molecular weight excluding hydrogens is 420 g/mol. The predicted molar refractivity (Wildman–Crippen MR) is 137 cm³/mol. The van der Waals surface area contributed by atoms with E-state index in [1.54, 1.807) is 0 Å². The third-order valence-corrected chi connectivity index (χ3v) is 7.46. The Labute approximate surface area is 201 Å². The normalized spacial score (nSPS) is 17.7. The van der Waals surface area contributed by atoms with Gasteiger partial charge in [-0.05, 0) is 67.6 Å². The van der Waals surface area contributed by atoms with Crippen LogP contribution >= 0.6 is 0 Å². The molecule has 0 amide bonds. The number of nitrogens with one attached hydrogen (secondary N) is 1. The van der Waals surface area contributed by atoms with Crippen LogP contribution in [-0.4, -0.2) is 45.0 Å². The molecule has 1 saturated heterocycles. The van der Waals surface area contributed by atoms with Gasteiger partial charge in [0, 0.05) is 43.1 Å². The summed E-state index contributed by atoms with van der Waals surface area (Å²) in [6, 6.07) is 20.3. The molecule has 2 aliphatic heterocycles. The van der Waals surface area contributed by atoms with E-state index in [0.29, 0.717) is 12.0 Å². The Morgan fingerprint density at radius 3 is 2.82 bits per heavy atom. The van der Waals surface area contributed by atoms with E-state index in [-0.39, 0.29) is 0 Å². The Morgan fingerprint density at radius 1 is 1.09 bits per heavy atom. The Balaban J connectivity index is 1.30. The van der Waals surface area contributed by atoms with Crippen molar-refractivity contribution >= 4 is 5.69 Å². The van der Waals surface area contributed by atoms with Crippen LogP contribution in [0.4, 0.5) is 5.69 Å². The third-order valence-electron chi connectivity index (χ3n) is 7.46. The number of fused-ring (bicyclic) bond motifs is 5. The van der Waals surface area contributed by atoms with Crippen LogP contribution in [-0.2, 0) is 6.54 Å². The zero-order chi connectivity index (χ0) is 23.1. The van der Waals surface area contributed by atoms with Crippen LogP contribution in [0.3, 0.4) is 0 Å². The topological polar surface area (TPSA) is 50.9 Å². The summed E-state index contributed by atoms with van der Waals surface area (Å²) in [6.07, 6.45) is 6.51. The Bertz CT molecular complexity index is 1290. The van der Waals surface area contributed by atoms with Crippen molar-refractivity contribution < 1.29 is 0 Å². The molecule has 34 heavy (non-hydrogen) atoms. The molecule has 1 N–H and O–H groups in total. The minimum absolute atomic E-state index is 0.594. The van der Waals surface area contributed by atoms with Gasteiger partial charge in [-0.15, -0.1) is 10.2 Å². The molecule has 2 aliphatic rings. The Kier molecular flexibility index (Phi) is 5.46. The van der Waals surface area contributed by atoms with Crippen LogP contribution < -0.4 is 10.2 Å². The molecule has 0 aliphatic carbocycles. The molecule has 4 aromatic rings. The van der Waals surface area contributed by atoms with E-state index in [1.807, 2.05) is 6.33 Å². The van der Waals surface area contributed by atoms with Crippen molar-refractivity contribution in [1.29, 1.82) is 0 Å². The highest BCUT2D eigenvalue weighted by Gasteiger charge is 2.26. The molecule has 0 spiro atoms. The molecule has 6 rings (SSSR count). The van der Waals surface area contributed by atoms with E-state index in [9.17, 15) is 0 Å². The average molecular weight is 453 g/mol. The van der Waals surface area contributed by atoms with Crippen molar-refractivity contribution in [2.24, 2.45) is 5.92 Å². The maximum absolute atomic E-state index is 4.49. The fraction of sp³-hybridized carbons (Fsp3) is 0.357. The molecule has 0 radical (unpaired) electrons. The number of rotatable bonds is 6. The number of anilines is 1. The molecule has 0 bridgehead atoms. The SMILES string of the molecule is CC[C@@H](C)NC[C@H]1CCN(c2ccc3c(c2)Cn2cc(-c4ccccc4)cc2-c2nncn2-3)C1. The summed E-state index contributed by atoms with van der Waals surface area (Å²) in [5, 5.41) is 12.4. The average Bonchev–Trinajstić information content (AvgIpc) is 3.62. The van der Waals surface area contributed by atoms with Crippen molar-refractivity contribution in [2.45, 2.75) is 39.3 Å². The van der Waals surface area contributed by atoms with E-state index in [2.05, 4.69) is 104 Å². The monoisotopic (exact) mass is 452 g/mol. The fourth-order valence-electron chi connectivity index (χ4n) is 5.26. The van der Waals surface area contributed by atoms with E-state index in [0.717, 1.165) is 37.7 Å². The van der Waals surface area contributed by atoms with Gasteiger partial charge in [0.1, 0.15) is 6.33 Å². The second-order valence-corrected chi connectivity index (χ2v) is 9.76. The number of nitrogens with zero attached hydrogens (tertiary/aromatic N) is 5. The van der Waals surface area contributed by atoms with Crippen molar-refractivity contribution in [2.75, 3.05) is 24.5 Å². The lowest BCUT2D eigenvalue weighted by Crippen LogP contribution is -2.32. The summed E-state index contributed by atoms with van der Waals surface area (Å²) in [5.41, 5.74) is 7.32. The predicted octanol–water partition coefficient (Wildman–Crippen LogP) is 4.98. The van der Waals surface area contributed by atoms with E-state index < -0.39 is 0 Å². The highest BCUT2D eigenvalue weighted by molar-refractivity contribution is 5.72. The summed E-state index contributed by atoms with van der Waals surface area (Å²) >= 11 is 0. The lowest BCUT2D eigenvalue weighted by Gasteiger charge is -2.21. The molecule has 2 atom stereocenters. The number of hydrogen-bond donors (Lipinski definition) is 1. The van der Waals surface area contributed by atoms with Gasteiger partial charge < -0.3 is 14.8 Å². The van der Waals surface area contributed by atoms with Gasteiger partial charge in [0.05, 0.1) is 11.4 Å². The lowest BCUT2D eigenvalue weighted by molar-refractivity contribution is 0.456. The first kappa shape index (κ1) is 21.2. The lowest BCUT2D eigenvalue weighted by atomic mass is 10.1. The number of aromatic nitrogens is 4. The highest BCUT2D eigenvalue weighted by Crippen LogP contribution is 2.35. The Hall–Kier alpha value is -3.38. The van der Waals surface area contributed by atoms with E-state index >= 15 is 0 Å². The van der Waals surface area contributed by atoms with Gasteiger partial charge in [-0.25, -0.2) is 0 Å². The molecule has 0 saturated carbocycles. The van der Waals surface area contributed by atoms with Crippen molar-refractivity contribution in [3.8, 4) is 28.3 Å². The maximum Gasteiger partial charge on any atom is 0.185 e. The molecule has 6 nitrogen and oxygen atoms in total. The van der Waals surface area contributed by atoms with Crippen molar-refractivity contribution in [3.05, 3.63) is 72.7 Å². The first-order chi connectivity index (χ1) is 16.7. The zero-order valence-electron chi connectivity index (χ0n) is 20.0. The van der Waals surface area contributed by atoms with E-state index in [1.165, 1.54) is 40.9 Å². The van der Waals surface area contributed by atoms with Crippen LogP contribution in [0.5, 0.6) is 0 Å². The smallest absolute Gasteiger partial charge is 0.185 e. The second kappa shape index (κ2) is 8.76. The fourth-order valence-corrected chi connectivity index (χ4v) is 5.26. The first-order valence-corrected chi connectivity index (χ1v) is 12.5. The zero-order valence-corrected chi connectivity index (χ0v) is 20.0. The summed E-state index contributed by atoms with van der Waals surface area (Å²) in [4.78, 5) is 2.55. The molecule has 174 valence electrons. The largest absolute Gasteiger partial charge is 0.371 e. The second-order valence-electron chi connectivity index (χ2n) is 9.76. The number of benzene rings is 2. The summed E-state index contributed by atoms with van der Waals surface area (Å²) < 4.78 is 4.46. The minimum Gasteiger partial charge on any atom is -0.371 e. The standard InChI is InChI=1S/C28H32N6/c1-3-20(2)29-15-21-11-12-32(16-21)25-9-10-26-24(13-25)18-33-17-23(22-7-5-4-6-8-22)14-27(33)28-31-30-19-34(26)28/h4-10,13-14,17,19-21,29H,3,11-12,15-16,18H2,1-2H3/t20-,21-/m1/s1. The third kappa shape index (κ3) is 3.82. The summed E-state index contributed by atoms with van der Waals surface area (Å²) in [5.74, 6) is 1.60. The first-order valence-electron chi connectivity index (χ1n) is 12.5. The van der Waals surface area contributed by atoms with Gasteiger partial charge >= 0.3 is 0 Å². The number of hydrogen-bond acceptors (Lipinski definition) is 4. The van der Waals surface area contributed by atoms with Gasteiger partial charge in [-0.2, -0.15) is 0 Å². The minimum atomic E-state index is 0.594. The van der Waals surface area contributed by atoms with Crippen LogP contribution in [0.1, 0.15) is 32.3 Å². The molecule has 2 aromatic carbocycles. The highest BCUT2D eigenvalue weighted by atomic mass is 15.3. The molecular formula is C28H32N6. The van der Waals surface area contributed by atoms with Gasteiger partial charge in [0.15, 0.2) is 5.82 Å². The van der Waals surface area contributed by atoms with Gasteiger partial charge in [-0.1, -0.05) is 37.3 Å². The molecule has 2 aromatic heterocycles. The summed E-state index contributed by atoms with van der Waals surface area (Å²) in [7, 11) is 0. The quantitative estimate of drug-likeness (QED) is 0.395. The van der Waals surface area contributed by atoms with Crippen molar-refractivity contribution in [1.82, 2.24) is 24.6 Å². The van der Waals surface area contributed by atoms with Crippen LogP contribution in [0, 0.1) is 5.92 Å². The summed E-state index contributed by atoms with van der Waals surface area (Å²) in [6.45, 7) is 8.69. The van der Waals surface area contributed by atoms with E-state index in [4.69, 9.17) is 0 Å². The van der Waals surface area contributed by atoms with Gasteiger partial charge in [0.25, 0.3) is 0 Å². The Morgan fingerprint density at radius 2 is 1.97 bits per heavy atom. The molecule has 0 unspecified atom stereocenters.